The van der Waals surface area contributed by atoms with Crippen LogP contribution in [0.4, 0.5) is 10.5 Å². The number of carbonyl (C=O) groups is 1. The van der Waals surface area contributed by atoms with Crippen molar-refractivity contribution >= 4 is 23.3 Å². The van der Waals surface area contributed by atoms with E-state index in [1.165, 1.54) is 0 Å². The molecule has 0 aromatic heterocycles. The molecule has 0 aliphatic rings. The number of hydrogen-bond acceptors (Lipinski definition) is 1. The summed E-state index contributed by atoms with van der Waals surface area (Å²) in [6, 6.07) is 8.33. The smallest absolute Gasteiger partial charge is 0.307 e. The predicted octanol–water partition coefficient (Wildman–Crippen LogP) is 2.05. The van der Waals surface area contributed by atoms with Crippen molar-refractivity contribution in [1.29, 1.82) is 0 Å². The highest BCUT2D eigenvalue weighted by Crippen LogP contribution is 2.14. The Labute approximate surface area is 81.1 Å². The summed E-state index contributed by atoms with van der Waals surface area (Å²) in [5.74, 6) is 0. The topological polar surface area (TPSA) is 41.1 Å². The first-order chi connectivity index (χ1) is 6.22. The van der Waals surface area contributed by atoms with Gasteiger partial charge in [0.15, 0.2) is 0 Å². The minimum Gasteiger partial charge on any atom is -0.307 e. The van der Waals surface area contributed by atoms with E-state index in [-0.39, 0.29) is 0 Å². The average Bonchev–Trinajstić information content (AvgIpc) is 2.04. The molecule has 0 heterocycles. The molecule has 0 spiro atoms. The van der Waals surface area contributed by atoms with Gasteiger partial charge >= 0.3 is 6.03 Å². The van der Waals surface area contributed by atoms with Gasteiger partial charge < -0.3 is 5.32 Å². The van der Waals surface area contributed by atoms with Crippen LogP contribution in [0.5, 0.6) is 0 Å². The van der Waals surface area contributed by atoms with Crippen LogP contribution >= 0.6 is 11.6 Å². The van der Waals surface area contributed by atoms with Gasteiger partial charge in [-0.2, -0.15) is 0 Å². The fraction of sp³-hybridized carbons (Fsp3) is 0. The Morgan fingerprint density at radius 1 is 1.54 bits per heavy atom. The van der Waals surface area contributed by atoms with Crippen molar-refractivity contribution in [2.24, 2.45) is 0 Å². The van der Waals surface area contributed by atoms with Crippen LogP contribution in [-0.4, -0.2) is 6.03 Å². The van der Waals surface area contributed by atoms with Crippen molar-refractivity contribution < 1.29 is 4.79 Å². The minimum atomic E-state index is -0.454. The molecule has 66 valence electrons. The van der Waals surface area contributed by atoms with Gasteiger partial charge in [0.1, 0.15) is 0 Å². The highest BCUT2D eigenvalue weighted by atomic mass is 35.5. The SMILES string of the molecule is C#CNC(=O)Nc1cccc(Cl)c1. The summed E-state index contributed by atoms with van der Waals surface area (Å²) in [5, 5.41) is 5.21. The number of anilines is 1. The Morgan fingerprint density at radius 2 is 2.31 bits per heavy atom. The third-order valence-corrected chi connectivity index (χ3v) is 1.50. The van der Waals surface area contributed by atoms with Gasteiger partial charge in [-0.15, -0.1) is 0 Å². The fourth-order valence-corrected chi connectivity index (χ4v) is 0.984. The summed E-state index contributed by atoms with van der Waals surface area (Å²) in [6.07, 6.45) is 4.86. The number of hydrogen-bond donors (Lipinski definition) is 2. The molecule has 2 amide bonds. The number of terminal acetylenes is 1. The van der Waals surface area contributed by atoms with Crippen LogP contribution in [0.2, 0.25) is 5.02 Å². The van der Waals surface area contributed by atoms with Gasteiger partial charge in [-0.1, -0.05) is 24.1 Å². The zero-order valence-corrected chi connectivity index (χ0v) is 7.43. The van der Waals surface area contributed by atoms with Crippen molar-refractivity contribution in [1.82, 2.24) is 5.32 Å². The lowest BCUT2D eigenvalue weighted by atomic mass is 10.3. The van der Waals surface area contributed by atoms with Crippen LogP contribution in [0.1, 0.15) is 0 Å². The Balaban J connectivity index is 2.65. The molecule has 0 bridgehead atoms. The first kappa shape index (κ1) is 9.43. The molecule has 3 nitrogen and oxygen atoms in total. The summed E-state index contributed by atoms with van der Waals surface area (Å²) in [7, 11) is 0. The summed E-state index contributed by atoms with van der Waals surface area (Å²) >= 11 is 5.69. The molecule has 0 radical (unpaired) electrons. The molecular weight excluding hydrogens is 188 g/mol. The van der Waals surface area contributed by atoms with Crippen LogP contribution in [0.25, 0.3) is 0 Å². The molecule has 4 heteroatoms. The third kappa shape index (κ3) is 3.06. The molecule has 0 atom stereocenters. The molecule has 0 fully saturated rings. The predicted molar refractivity (Wildman–Crippen MR) is 52.4 cm³/mol. The molecule has 0 saturated carbocycles. The quantitative estimate of drug-likeness (QED) is 0.522. The first-order valence-electron chi connectivity index (χ1n) is 3.50. The van der Waals surface area contributed by atoms with Crippen LogP contribution < -0.4 is 10.6 Å². The lowest BCUT2D eigenvalue weighted by Gasteiger charge is -2.02. The van der Waals surface area contributed by atoms with Gasteiger partial charge in [-0.25, -0.2) is 4.79 Å². The monoisotopic (exact) mass is 194 g/mol. The molecule has 0 unspecified atom stereocenters. The van der Waals surface area contributed by atoms with Gasteiger partial charge in [-0.05, 0) is 18.2 Å². The lowest BCUT2D eigenvalue weighted by Crippen LogP contribution is -2.23. The van der Waals surface area contributed by atoms with Gasteiger partial charge in [-0.3, -0.25) is 5.32 Å². The first-order valence-corrected chi connectivity index (χ1v) is 3.88. The molecule has 1 aromatic rings. The van der Waals surface area contributed by atoms with Gasteiger partial charge in [0, 0.05) is 16.8 Å². The number of carbonyl (C=O) groups excluding carboxylic acids is 1. The largest absolute Gasteiger partial charge is 0.330 e. The van der Waals surface area contributed by atoms with Crippen molar-refractivity contribution in [3.05, 3.63) is 29.3 Å². The van der Waals surface area contributed by atoms with Crippen LogP contribution in [0.15, 0.2) is 24.3 Å². The van der Waals surface area contributed by atoms with Crippen LogP contribution in [0.3, 0.4) is 0 Å². The zero-order valence-electron chi connectivity index (χ0n) is 6.67. The summed E-state index contributed by atoms with van der Waals surface area (Å²) in [4.78, 5) is 10.9. The molecule has 1 rings (SSSR count). The highest BCUT2D eigenvalue weighted by Gasteiger charge is 1.98. The van der Waals surface area contributed by atoms with E-state index in [2.05, 4.69) is 10.6 Å². The molecule has 1 aromatic carbocycles. The average molecular weight is 195 g/mol. The lowest BCUT2D eigenvalue weighted by molar-refractivity contribution is 0.255. The van der Waals surface area contributed by atoms with Gasteiger partial charge in [0.25, 0.3) is 0 Å². The van der Waals surface area contributed by atoms with Crippen molar-refractivity contribution in [2.75, 3.05) is 5.32 Å². The van der Waals surface area contributed by atoms with E-state index >= 15 is 0 Å². The second kappa shape index (κ2) is 4.39. The summed E-state index contributed by atoms with van der Waals surface area (Å²) in [6.45, 7) is 0. The van der Waals surface area contributed by atoms with E-state index in [0.717, 1.165) is 0 Å². The maximum atomic E-state index is 10.9. The van der Waals surface area contributed by atoms with E-state index in [1.54, 1.807) is 24.3 Å². The Morgan fingerprint density at radius 3 is 2.92 bits per heavy atom. The number of rotatable bonds is 1. The highest BCUT2D eigenvalue weighted by molar-refractivity contribution is 6.30. The number of benzene rings is 1. The van der Waals surface area contributed by atoms with Gasteiger partial charge in [0.2, 0.25) is 0 Å². The van der Waals surface area contributed by atoms with Crippen molar-refractivity contribution in [3.63, 3.8) is 0 Å². The number of amides is 2. The second-order valence-electron chi connectivity index (χ2n) is 2.23. The third-order valence-electron chi connectivity index (χ3n) is 1.27. The fourth-order valence-electron chi connectivity index (χ4n) is 0.794. The summed E-state index contributed by atoms with van der Waals surface area (Å²) < 4.78 is 0. The maximum Gasteiger partial charge on any atom is 0.330 e. The van der Waals surface area contributed by atoms with E-state index in [9.17, 15) is 4.79 Å². The maximum absolute atomic E-state index is 10.9. The van der Waals surface area contributed by atoms with Crippen molar-refractivity contribution in [2.45, 2.75) is 0 Å². The number of halogens is 1. The summed E-state index contributed by atoms with van der Waals surface area (Å²) in [5.41, 5.74) is 0.597. The van der Waals surface area contributed by atoms with Crippen molar-refractivity contribution in [3.8, 4) is 12.5 Å². The Kier molecular flexibility index (Phi) is 3.18. The van der Waals surface area contributed by atoms with E-state index in [4.69, 9.17) is 18.0 Å². The second-order valence-corrected chi connectivity index (χ2v) is 2.67. The van der Waals surface area contributed by atoms with Gasteiger partial charge in [0.05, 0.1) is 0 Å². The Hall–Kier alpha value is -1.66. The standard InChI is InChI=1S/C9H7ClN2O/c1-2-11-9(13)12-8-5-3-4-7(10)6-8/h1,3-6H,(H2,11,12,13). The number of nitrogens with one attached hydrogen (secondary N) is 2. The Bertz CT molecular complexity index is 357. The molecule has 0 aliphatic heterocycles. The molecule has 13 heavy (non-hydrogen) atoms. The number of urea groups is 1. The molecule has 0 aliphatic carbocycles. The normalized spacial score (nSPS) is 8.62. The minimum absolute atomic E-state index is 0.454. The molecular formula is C9H7ClN2O. The van der Waals surface area contributed by atoms with Crippen LogP contribution in [-0.2, 0) is 0 Å². The van der Waals surface area contributed by atoms with E-state index in [1.807, 2.05) is 6.04 Å². The zero-order chi connectivity index (χ0) is 9.68. The molecule has 2 N–H and O–H groups in total. The van der Waals surface area contributed by atoms with Crippen LogP contribution in [0, 0.1) is 12.5 Å². The molecule has 0 saturated heterocycles. The van der Waals surface area contributed by atoms with E-state index < -0.39 is 6.03 Å². The van der Waals surface area contributed by atoms with E-state index in [0.29, 0.717) is 10.7 Å².